The lowest BCUT2D eigenvalue weighted by molar-refractivity contribution is 0.313. The molecule has 0 spiro atoms. The molecular weight excluding hydrogens is 428 g/mol. The number of hydrogen-bond acceptors (Lipinski definition) is 6. The minimum absolute atomic E-state index is 0.518. The summed E-state index contributed by atoms with van der Waals surface area (Å²) in [5.74, 6) is 0. The highest BCUT2D eigenvalue weighted by Gasteiger charge is 2.16. The van der Waals surface area contributed by atoms with Gasteiger partial charge in [0.2, 0.25) is 0 Å². The quantitative estimate of drug-likeness (QED) is 0.451. The van der Waals surface area contributed by atoms with Gasteiger partial charge in [0.25, 0.3) is 0 Å². The Morgan fingerprint density at radius 1 is 0.848 bits per heavy atom. The normalized spacial score (nSPS) is 14.2. The molecule has 1 saturated heterocycles. The zero-order chi connectivity index (χ0) is 22.8. The molecule has 7 heteroatoms. The topological polar surface area (TPSA) is 71.4 Å². The summed E-state index contributed by atoms with van der Waals surface area (Å²) in [6.07, 6.45) is 3.55. The van der Waals surface area contributed by atoms with Crippen LogP contribution in [0.15, 0.2) is 76.8 Å². The third kappa shape index (κ3) is 4.17. The van der Waals surface area contributed by atoms with Crippen LogP contribution in [0.2, 0.25) is 0 Å². The fraction of sp³-hybridized carbons (Fsp3) is 0.192. The van der Waals surface area contributed by atoms with Crippen LogP contribution in [0.1, 0.15) is 11.1 Å². The number of benzene rings is 2. The lowest BCUT2D eigenvalue weighted by Gasteiger charge is -2.34. The van der Waals surface area contributed by atoms with Crippen LogP contribution in [0.5, 0.6) is 0 Å². The smallest absolute Gasteiger partial charge is 0.103 e. The van der Waals surface area contributed by atoms with Gasteiger partial charge in [-0.05, 0) is 42.9 Å². The highest BCUT2D eigenvalue weighted by molar-refractivity contribution is 7.99. The number of fused-ring (bicyclic) bond motifs is 1. The molecule has 0 unspecified atom stereocenters. The Bertz CT molecular complexity index is 1390. The Hall–Kier alpha value is -3.78. The van der Waals surface area contributed by atoms with Gasteiger partial charge in [-0.15, -0.1) is 0 Å². The molecule has 4 aromatic rings. The molecule has 3 heterocycles. The fourth-order valence-corrected chi connectivity index (χ4v) is 5.19. The molecule has 6 nitrogen and oxygen atoms in total. The Labute approximate surface area is 197 Å². The number of aromatic nitrogens is 2. The van der Waals surface area contributed by atoms with E-state index >= 15 is 0 Å². The maximum atomic E-state index is 9.60. The molecule has 0 bridgehead atoms. The monoisotopic (exact) mass is 450 g/mol. The van der Waals surface area contributed by atoms with E-state index < -0.39 is 0 Å². The second kappa shape index (κ2) is 8.99. The van der Waals surface area contributed by atoms with Gasteiger partial charge in [-0.25, -0.2) is 4.52 Å². The van der Waals surface area contributed by atoms with Crippen molar-refractivity contribution in [1.29, 1.82) is 10.5 Å². The van der Waals surface area contributed by atoms with Gasteiger partial charge in [-0.3, -0.25) is 0 Å². The van der Waals surface area contributed by atoms with E-state index in [0.717, 1.165) is 52.6 Å². The highest BCUT2D eigenvalue weighted by Crippen LogP contribution is 2.37. The van der Waals surface area contributed by atoms with Crippen molar-refractivity contribution < 1.29 is 0 Å². The van der Waals surface area contributed by atoms with Gasteiger partial charge in [0, 0.05) is 53.4 Å². The highest BCUT2D eigenvalue weighted by atomic mass is 32.2. The van der Waals surface area contributed by atoms with Crippen LogP contribution in [-0.4, -0.2) is 47.7 Å². The Balaban J connectivity index is 1.53. The zero-order valence-electron chi connectivity index (χ0n) is 18.3. The van der Waals surface area contributed by atoms with Gasteiger partial charge in [-0.2, -0.15) is 15.6 Å². The van der Waals surface area contributed by atoms with Crippen LogP contribution in [0.3, 0.4) is 0 Å². The zero-order valence-corrected chi connectivity index (χ0v) is 19.1. The van der Waals surface area contributed by atoms with Gasteiger partial charge < -0.3 is 9.80 Å². The van der Waals surface area contributed by atoms with Crippen molar-refractivity contribution in [2.45, 2.75) is 9.79 Å². The number of nitrogens with zero attached hydrogens (tertiary/aromatic N) is 6. The van der Waals surface area contributed by atoms with Crippen molar-refractivity contribution >= 4 is 23.0 Å². The van der Waals surface area contributed by atoms with Crippen LogP contribution in [-0.2, 0) is 0 Å². The van der Waals surface area contributed by atoms with Gasteiger partial charge in [0.1, 0.15) is 12.1 Å². The average molecular weight is 451 g/mol. The Kier molecular flexibility index (Phi) is 5.75. The van der Waals surface area contributed by atoms with Crippen LogP contribution < -0.4 is 4.90 Å². The number of nitriles is 2. The van der Waals surface area contributed by atoms with E-state index in [1.54, 1.807) is 10.7 Å². The van der Waals surface area contributed by atoms with Crippen molar-refractivity contribution in [2.75, 3.05) is 38.1 Å². The van der Waals surface area contributed by atoms with E-state index in [2.05, 4.69) is 64.4 Å². The molecule has 33 heavy (non-hydrogen) atoms. The van der Waals surface area contributed by atoms with E-state index in [1.165, 1.54) is 17.4 Å². The lowest BCUT2D eigenvalue weighted by Crippen LogP contribution is -2.44. The van der Waals surface area contributed by atoms with E-state index in [0.29, 0.717) is 11.1 Å². The molecule has 0 amide bonds. The summed E-state index contributed by atoms with van der Waals surface area (Å²) in [4.78, 5) is 6.52. The van der Waals surface area contributed by atoms with Gasteiger partial charge in [0.05, 0.1) is 22.8 Å². The second-order valence-corrected chi connectivity index (χ2v) is 9.19. The standard InChI is InChI=1S/C26H22N6S/c1-30-10-12-31(13-11-30)23-8-6-19(7-9-23)21-14-25(26-22(16-28)17-29-32(26)18-21)33-24-5-3-2-4-20(24)15-27/h2-9,14,17-18H,10-13H2,1H3. The number of hydrogen-bond donors (Lipinski definition) is 0. The third-order valence-electron chi connectivity index (χ3n) is 5.99. The van der Waals surface area contributed by atoms with E-state index in [9.17, 15) is 10.5 Å². The first-order valence-electron chi connectivity index (χ1n) is 10.8. The molecule has 0 saturated carbocycles. The van der Waals surface area contributed by atoms with Crippen molar-refractivity contribution in [3.8, 4) is 23.3 Å². The summed E-state index contributed by atoms with van der Waals surface area (Å²) in [6, 6.07) is 22.7. The molecule has 162 valence electrons. The Morgan fingerprint density at radius 2 is 1.58 bits per heavy atom. The minimum atomic E-state index is 0.518. The van der Waals surface area contributed by atoms with Crippen LogP contribution >= 0.6 is 11.8 Å². The number of anilines is 1. The molecule has 0 radical (unpaired) electrons. The van der Waals surface area contributed by atoms with Crippen LogP contribution in [0.25, 0.3) is 16.6 Å². The molecule has 1 aliphatic heterocycles. The van der Waals surface area contributed by atoms with Gasteiger partial charge in [-0.1, -0.05) is 36.0 Å². The van der Waals surface area contributed by atoms with Crippen molar-refractivity contribution in [1.82, 2.24) is 14.5 Å². The fourth-order valence-electron chi connectivity index (χ4n) is 4.10. The first-order chi connectivity index (χ1) is 16.2. The van der Waals surface area contributed by atoms with Crippen molar-refractivity contribution in [3.63, 3.8) is 0 Å². The summed E-state index contributed by atoms with van der Waals surface area (Å²) in [7, 11) is 2.16. The molecule has 0 aliphatic carbocycles. The lowest BCUT2D eigenvalue weighted by atomic mass is 10.1. The molecule has 2 aromatic heterocycles. The van der Waals surface area contributed by atoms with Gasteiger partial charge >= 0.3 is 0 Å². The summed E-state index contributed by atoms with van der Waals surface area (Å²) in [5, 5.41) is 23.5. The van der Waals surface area contributed by atoms with Crippen molar-refractivity contribution in [3.05, 3.63) is 78.1 Å². The number of pyridine rings is 1. The summed E-state index contributed by atoms with van der Waals surface area (Å²) in [5.41, 5.74) is 5.21. The first-order valence-corrected chi connectivity index (χ1v) is 11.6. The van der Waals surface area contributed by atoms with Crippen LogP contribution in [0, 0.1) is 22.7 Å². The molecule has 1 fully saturated rings. The second-order valence-electron chi connectivity index (χ2n) is 8.10. The molecule has 2 aromatic carbocycles. The first kappa shape index (κ1) is 21.1. The third-order valence-corrected chi connectivity index (χ3v) is 7.10. The minimum Gasteiger partial charge on any atom is -0.369 e. The number of likely N-dealkylation sites (N-methyl/N-ethyl adjacent to an activating group) is 1. The summed E-state index contributed by atoms with van der Waals surface area (Å²) >= 11 is 1.49. The van der Waals surface area contributed by atoms with E-state index in [-0.39, 0.29) is 0 Å². The molecule has 5 rings (SSSR count). The molecule has 0 N–H and O–H groups in total. The van der Waals surface area contributed by atoms with E-state index in [4.69, 9.17) is 0 Å². The number of rotatable bonds is 4. The SMILES string of the molecule is CN1CCN(c2ccc(-c3cc(Sc4ccccc4C#N)c4c(C#N)cnn4c3)cc2)CC1. The molecule has 1 aliphatic rings. The maximum absolute atomic E-state index is 9.60. The van der Waals surface area contributed by atoms with Gasteiger partial charge in [0.15, 0.2) is 0 Å². The summed E-state index contributed by atoms with van der Waals surface area (Å²) < 4.78 is 1.76. The van der Waals surface area contributed by atoms with Crippen LogP contribution in [0.4, 0.5) is 5.69 Å². The largest absolute Gasteiger partial charge is 0.369 e. The number of piperazine rings is 1. The van der Waals surface area contributed by atoms with E-state index in [1.807, 2.05) is 30.5 Å². The Morgan fingerprint density at radius 3 is 2.30 bits per heavy atom. The van der Waals surface area contributed by atoms with Crippen molar-refractivity contribution in [2.24, 2.45) is 0 Å². The average Bonchev–Trinajstić information content (AvgIpc) is 3.28. The predicted octanol–water partition coefficient (Wildman–Crippen LogP) is 4.65. The predicted molar refractivity (Wildman–Crippen MR) is 130 cm³/mol. The summed E-state index contributed by atoms with van der Waals surface area (Å²) in [6.45, 7) is 4.21. The molecular formula is C26H22N6S. The molecule has 0 atom stereocenters. The maximum Gasteiger partial charge on any atom is 0.103 e.